The standard InChI is InChI=1S/C26H28N4O3/c1-33-24-14-12-23(13-15-24)29-16-5-17-30(19-18-29)25(31)20-8-10-22(11-9-20)28-26(32)27-21-6-3-2-4-7-21/h2-4,6-15H,5,16-19H2,1H3,(H2,27,28,32). The van der Waals surface area contributed by atoms with Gasteiger partial charge < -0.3 is 25.2 Å². The van der Waals surface area contributed by atoms with Crippen LogP contribution in [0.5, 0.6) is 5.75 Å². The van der Waals surface area contributed by atoms with Gasteiger partial charge in [0, 0.05) is 48.8 Å². The smallest absolute Gasteiger partial charge is 0.323 e. The number of nitrogens with one attached hydrogen (secondary N) is 2. The number of hydrogen-bond acceptors (Lipinski definition) is 4. The van der Waals surface area contributed by atoms with Gasteiger partial charge in [0.05, 0.1) is 7.11 Å². The number of rotatable bonds is 5. The van der Waals surface area contributed by atoms with E-state index in [0.29, 0.717) is 30.0 Å². The molecule has 0 radical (unpaired) electrons. The van der Waals surface area contributed by atoms with Crippen LogP contribution in [0, 0.1) is 0 Å². The molecule has 0 saturated carbocycles. The zero-order chi connectivity index (χ0) is 23.0. The molecule has 0 bridgehead atoms. The molecule has 3 aromatic carbocycles. The number of nitrogens with zero attached hydrogens (tertiary/aromatic N) is 2. The molecule has 1 aliphatic rings. The summed E-state index contributed by atoms with van der Waals surface area (Å²) in [6.07, 6.45) is 0.900. The largest absolute Gasteiger partial charge is 0.497 e. The van der Waals surface area contributed by atoms with E-state index in [0.717, 1.165) is 30.9 Å². The summed E-state index contributed by atoms with van der Waals surface area (Å²) in [4.78, 5) is 29.4. The second-order valence-corrected chi connectivity index (χ2v) is 7.85. The Morgan fingerprint density at radius 1 is 0.758 bits per heavy atom. The fraction of sp³-hybridized carbons (Fsp3) is 0.231. The minimum absolute atomic E-state index is 0.00636. The van der Waals surface area contributed by atoms with Crippen molar-refractivity contribution < 1.29 is 14.3 Å². The van der Waals surface area contributed by atoms with Gasteiger partial charge in [-0.25, -0.2) is 4.79 Å². The summed E-state index contributed by atoms with van der Waals surface area (Å²) in [5.41, 5.74) is 3.09. The van der Waals surface area contributed by atoms with Crippen molar-refractivity contribution in [2.45, 2.75) is 6.42 Å². The molecular formula is C26H28N4O3. The molecule has 1 fully saturated rings. The molecule has 4 rings (SSSR count). The maximum absolute atomic E-state index is 13.0. The van der Waals surface area contributed by atoms with Crippen LogP contribution in [0.1, 0.15) is 16.8 Å². The number of para-hydroxylation sites is 1. The van der Waals surface area contributed by atoms with Gasteiger partial charge in [0.1, 0.15) is 5.75 Å². The second kappa shape index (κ2) is 10.5. The van der Waals surface area contributed by atoms with E-state index in [4.69, 9.17) is 4.74 Å². The maximum Gasteiger partial charge on any atom is 0.323 e. The van der Waals surface area contributed by atoms with Gasteiger partial charge in [-0.05, 0) is 67.1 Å². The lowest BCUT2D eigenvalue weighted by Crippen LogP contribution is -2.35. The summed E-state index contributed by atoms with van der Waals surface area (Å²) in [5.74, 6) is 0.840. The molecule has 0 aliphatic carbocycles. The Morgan fingerprint density at radius 3 is 2.09 bits per heavy atom. The minimum Gasteiger partial charge on any atom is -0.497 e. The van der Waals surface area contributed by atoms with Gasteiger partial charge >= 0.3 is 6.03 Å². The van der Waals surface area contributed by atoms with Gasteiger partial charge in [-0.2, -0.15) is 0 Å². The van der Waals surface area contributed by atoms with Gasteiger partial charge in [-0.3, -0.25) is 4.79 Å². The van der Waals surface area contributed by atoms with Crippen LogP contribution in [0.4, 0.5) is 21.9 Å². The number of anilines is 3. The Hall–Kier alpha value is -4.00. The van der Waals surface area contributed by atoms with Gasteiger partial charge in [0.25, 0.3) is 5.91 Å². The van der Waals surface area contributed by atoms with E-state index in [2.05, 4.69) is 27.7 Å². The molecular weight excluding hydrogens is 416 g/mol. The SMILES string of the molecule is COc1ccc(N2CCCN(C(=O)c3ccc(NC(=O)Nc4ccccc4)cc3)CC2)cc1. The molecule has 1 aliphatic heterocycles. The second-order valence-electron chi connectivity index (χ2n) is 7.85. The van der Waals surface area contributed by atoms with Crippen molar-refractivity contribution in [2.24, 2.45) is 0 Å². The molecule has 2 N–H and O–H groups in total. The molecule has 0 unspecified atom stereocenters. The molecule has 170 valence electrons. The third kappa shape index (κ3) is 5.83. The number of urea groups is 1. The highest BCUT2D eigenvalue weighted by molar-refractivity contribution is 6.00. The number of ether oxygens (including phenoxy) is 1. The first-order chi connectivity index (χ1) is 16.1. The Balaban J connectivity index is 1.32. The van der Waals surface area contributed by atoms with Crippen molar-refractivity contribution in [2.75, 3.05) is 48.8 Å². The molecule has 0 aromatic heterocycles. The zero-order valence-electron chi connectivity index (χ0n) is 18.7. The highest BCUT2D eigenvalue weighted by atomic mass is 16.5. The molecule has 3 aromatic rings. The average Bonchev–Trinajstić information content (AvgIpc) is 3.11. The third-order valence-electron chi connectivity index (χ3n) is 5.64. The minimum atomic E-state index is -0.327. The topological polar surface area (TPSA) is 73.9 Å². The van der Waals surface area contributed by atoms with Crippen molar-refractivity contribution in [1.29, 1.82) is 0 Å². The average molecular weight is 445 g/mol. The van der Waals surface area contributed by atoms with E-state index >= 15 is 0 Å². The summed E-state index contributed by atoms with van der Waals surface area (Å²) in [5, 5.41) is 5.56. The van der Waals surface area contributed by atoms with Gasteiger partial charge in [0.2, 0.25) is 0 Å². The first kappa shape index (κ1) is 22.2. The van der Waals surface area contributed by atoms with Crippen LogP contribution in [0.3, 0.4) is 0 Å². The van der Waals surface area contributed by atoms with E-state index in [1.165, 1.54) is 0 Å². The summed E-state index contributed by atoms with van der Waals surface area (Å²) in [6, 6.07) is 23.9. The predicted molar refractivity (Wildman–Crippen MR) is 131 cm³/mol. The Labute approximate surface area is 194 Å². The van der Waals surface area contributed by atoms with E-state index in [-0.39, 0.29) is 11.9 Å². The van der Waals surface area contributed by atoms with Crippen molar-refractivity contribution in [1.82, 2.24) is 4.90 Å². The van der Waals surface area contributed by atoms with Crippen LogP contribution < -0.4 is 20.3 Å². The Kier molecular flexibility index (Phi) is 7.09. The van der Waals surface area contributed by atoms with E-state index in [1.54, 1.807) is 31.4 Å². The van der Waals surface area contributed by atoms with Crippen molar-refractivity contribution in [3.05, 3.63) is 84.4 Å². The van der Waals surface area contributed by atoms with Crippen molar-refractivity contribution in [3.63, 3.8) is 0 Å². The number of hydrogen-bond donors (Lipinski definition) is 2. The molecule has 1 saturated heterocycles. The van der Waals surface area contributed by atoms with Gasteiger partial charge in [-0.1, -0.05) is 18.2 Å². The molecule has 7 nitrogen and oxygen atoms in total. The molecule has 0 atom stereocenters. The van der Waals surface area contributed by atoms with Crippen LogP contribution in [-0.4, -0.2) is 50.1 Å². The molecule has 0 spiro atoms. The first-order valence-corrected chi connectivity index (χ1v) is 11.0. The third-order valence-corrected chi connectivity index (χ3v) is 5.64. The highest BCUT2D eigenvalue weighted by Crippen LogP contribution is 2.21. The summed E-state index contributed by atoms with van der Waals surface area (Å²) in [6.45, 7) is 3.04. The Morgan fingerprint density at radius 2 is 1.42 bits per heavy atom. The van der Waals surface area contributed by atoms with Crippen LogP contribution >= 0.6 is 0 Å². The van der Waals surface area contributed by atoms with Gasteiger partial charge in [-0.15, -0.1) is 0 Å². The highest BCUT2D eigenvalue weighted by Gasteiger charge is 2.20. The lowest BCUT2D eigenvalue weighted by Gasteiger charge is -2.24. The normalized spacial score (nSPS) is 13.7. The number of methoxy groups -OCH3 is 1. The zero-order valence-corrected chi connectivity index (χ0v) is 18.7. The summed E-state index contributed by atoms with van der Waals surface area (Å²) in [7, 11) is 1.66. The van der Waals surface area contributed by atoms with Crippen LogP contribution in [0.25, 0.3) is 0 Å². The van der Waals surface area contributed by atoms with Crippen molar-refractivity contribution in [3.8, 4) is 5.75 Å². The van der Waals surface area contributed by atoms with E-state index in [9.17, 15) is 9.59 Å². The molecule has 1 heterocycles. The fourth-order valence-electron chi connectivity index (χ4n) is 3.87. The van der Waals surface area contributed by atoms with Gasteiger partial charge in [0.15, 0.2) is 0 Å². The quantitative estimate of drug-likeness (QED) is 0.599. The van der Waals surface area contributed by atoms with E-state index < -0.39 is 0 Å². The van der Waals surface area contributed by atoms with E-state index in [1.807, 2.05) is 47.4 Å². The Bertz CT molecular complexity index is 1070. The van der Waals surface area contributed by atoms with Crippen LogP contribution in [0.2, 0.25) is 0 Å². The summed E-state index contributed by atoms with van der Waals surface area (Å²) < 4.78 is 5.24. The van der Waals surface area contributed by atoms with Crippen LogP contribution in [0.15, 0.2) is 78.9 Å². The molecule has 3 amide bonds. The monoisotopic (exact) mass is 444 g/mol. The molecule has 33 heavy (non-hydrogen) atoms. The first-order valence-electron chi connectivity index (χ1n) is 11.0. The van der Waals surface area contributed by atoms with Crippen molar-refractivity contribution >= 4 is 29.0 Å². The fourth-order valence-corrected chi connectivity index (χ4v) is 3.87. The number of carbonyl (C=O) groups is 2. The lowest BCUT2D eigenvalue weighted by molar-refractivity contribution is 0.0767. The summed E-state index contributed by atoms with van der Waals surface area (Å²) >= 11 is 0. The van der Waals surface area contributed by atoms with Crippen LogP contribution in [-0.2, 0) is 0 Å². The number of benzene rings is 3. The lowest BCUT2D eigenvalue weighted by atomic mass is 10.1. The maximum atomic E-state index is 13.0. The number of amides is 3. The molecule has 7 heteroatoms. The number of carbonyl (C=O) groups excluding carboxylic acids is 2. The predicted octanol–water partition coefficient (Wildman–Crippen LogP) is 4.69.